The largest absolute Gasteiger partial charge is 0.373 e. The molecule has 0 bridgehead atoms. The molecule has 0 spiro atoms. The summed E-state index contributed by atoms with van der Waals surface area (Å²) in [5, 5.41) is 0. The van der Waals surface area contributed by atoms with Gasteiger partial charge in [0.15, 0.2) is 0 Å². The van der Waals surface area contributed by atoms with E-state index in [2.05, 4.69) is 9.80 Å². The fourth-order valence-corrected chi connectivity index (χ4v) is 3.05. The van der Waals surface area contributed by atoms with Gasteiger partial charge in [0.1, 0.15) is 0 Å². The van der Waals surface area contributed by atoms with Crippen molar-refractivity contribution < 1.29 is 4.74 Å². The van der Waals surface area contributed by atoms with Crippen LogP contribution in [0.1, 0.15) is 25.7 Å². The van der Waals surface area contributed by atoms with Gasteiger partial charge in [-0.25, -0.2) is 0 Å². The molecule has 3 fully saturated rings. The minimum Gasteiger partial charge on any atom is -0.373 e. The van der Waals surface area contributed by atoms with E-state index in [0.717, 1.165) is 12.6 Å². The second-order valence-electron chi connectivity index (χ2n) is 5.23. The Morgan fingerprint density at radius 1 is 1.13 bits per heavy atom. The number of epoxide rings is 1. The van der Waals surface area contributed by atoms with Crippen LogP contribution in [0, 0.1) is 0 Å². The predicted octanol–water partition coefficient (Wildman–Crippen LogP) is 0.945. The van der Waals surface area contributed by atoms with E-state index in [9.17, 15) is 0 Å². The lowest BCUT2D eigenvalue weighted by Crippen LogP contribution is -2.37. The Morgan fingerprint density at radius 3 is 2.87 bits per heavy atom. The number of nitrogens with zero attached hydrogens (tertiary/aromatic N) is 2. The van der Waals surface area contributed by atoms with Crippen molar-refractivity contribution in [3.05, 3.63) is 0 Å². The number of rotatable bonds is 3. The summed E-state index contributed by atoms with van der Waals surface area (Å²) in [4.78, 5) is 5.37. The van der Waals surface area contributed by atoms with E-state index in [4.69, 9.17) is 4.74 Å². The highest BCUT2D eigenvalue weighted by atomic mass is 16.6. The normalized spacial score (nSPS) is 37.6. The highest BCUT2D eigenvalue weighted by Crippen LogP contribution is 2.22. The summed E-state index contributed by atoms with van der Waals surface area (Å²) in [5.74, 6) is 0. The van der Waals surface area contributed by atoms with Gasteiger partial charge in [0.25, 0.3) is 0 Å². The molecule has 0 amide bonds. The SMILES string of the molecule is C1CC2CN(CCC3CO3)CCCN2C1. The fraction of sp³-hybridized carbons (Fsp3) is 1.00. The molecule has 3 nitrogen and oxygen atoms in total. The van der Waals surface area contributed by atoms with E-state index in [0.29, 0.717) is 6.10 Å². The van der Waals surface area contributed by atoms with Crippen LogP contribution in [0.3, 0.4) is 0 Å². The average Bonchev–Trinajstić information content (AvgIpc) is 3.00. The van der Waals surface area contributed by atoms with Crippen LogP contribution in [0.15, 0.2) is 0 Å². The third-order valence-electron chi connectivity index (χ3n) is 4.06. The number of hydrogen-bond acceptors (Lipinski definition) is 3. The van der Waals surface area contributed by atoms with Gasteiger partial charge in [-0.15, -0.1) is 0 Å². The molecule has 3 rings (SSSR count). The monoisotopic (exact) mass is 210 g/mol. The maximum Gasteiger partial charge on any atom is 0.0822 e. The third-order valence-corrected chi connectivity index (χ3v) is 4.06. The predicted molar refractivity (Wildman–Crippen MR) is 60.0 cm³/mol. The lowest BCUT2D eigenvalue weighted by atomic mass is 10.2. The van der Waals surface area contributed by atoms with E-state index in [1.54, 1.807) is 0 Å². The molecule has 0 aliphatic carbocycles. The summed E-state index contributed by atoms with van der Waals surface area (Å²) in [7, 11) is 0. The molecule has 0 aromatic rings. The van der Waals surface area contributed by atoms with Crippen LogP contribution in [0.5, 0.6) is 0 Å². The summed E-state index contributed by atoms with van der Waals surface area (Å²) in [5.41, 5.74) is 0. The highest BCUT2D eigenvalue weighted by molar-refractivity contribution is 4.85. The molecule has 3 heterocycles. The van der Waals surface area contributed by atoms with Crippen molar-refractivity contribution in [2.24, 2.45) is 0 Å². The molecule has 3 heteroatoms. The van der Waals surface area contributed by atoms with Crippen LogP contribution < -0.4 is 0 Å². The molecule has 0 radical (unpaired) electrons. The molecule has 0 saturated carbocycles. The van der Waals surface area contributed by atoms with Crippen molar-refractivity contribution in [2.75, 3.05) is 39.3 Å². The van der Waals surface area contributed by atoms with Crippen LogP contribution in [-0.4, -0.2) is 61.3 Å². The van der Waals surface area contributed by atoms with Gasteiger partial charge in [-0.3, -0.25) is 4.90 Å². The van der Waals surface area contributed by atoms with E-state index < -0.39 is 0 Å². The van der Waals surface area contributed by atoms with Crippen LogP contribution in [0.4, 0.5) is 0 Å². The lowest BCUT2D eigenvalue weighted by Gasteiger charge is -2.25. The first-order chi connectivity index (χ1) is 7.42. The molecule has 2 unspecified atom stereocenters. The molecule has 2 atom stereocenters. The standard InChI is InChI=1S/C12H22N2O/c1-3-11-9-13(8-4-12-10-15-12)5-2-7-14(11)6-1/h11-12H,1-10H2. The van der Waals surface area contributed by atoms with Gasteiger partial charge >= 0.3 is 0 Å². The van der Waals surface area contributed by atoms with E-state index in [1.807, 2.05) is 0 Å². The van der Waals surface area contributed by atoms with Crippen molar-refractivity contribution in [1.82, 2.24) is 9.80 Å². The zero-order chi connectivity index (χ0) is 10.1. The zero-order valence-corrected chi connectivity index (χ0v) is 9.53. The first kappa shape index (κ1) is 10.1. The second kappa shape index (κ2) is 4.40. The maximum absolute atomic E-state index is 5.28. The molecule has 0 aromatic carbocycles. The maximum atomic E-state index is 5.28. The van der Waals surface area contributed by atoms with Gasteiger partial charge < -0.3 is 9.64 Å². The summed E-state index contributed by atoms with van der Waals surface area (Å²) in [6.45, 7) is 7.58. The summed E-state index contributed by atoms with van der Waals surface area (Å²) >= 11 is 0. The second-order valence-corrected chi connectivity index (χ2v) is 5.23. The molecular formula is C12H22N2O. The van der Waals surface area contributed by atoms with E-state index in [-0.39, 0.29) is 0 Å². The number of hydrogen-bond donors (Lipinski definition) is 0. The summed E-state index contributed by atoms with van der Waals surface area (Å²) in [6, 6.07) is 0.868. The van der Waals surface area contributed by atoms with Gasteiger partial charge in [0, 0.05) is 19.1 Å². The number of fused-ring (bicyclic) bond motifs is 1. The van der Waals surface area contributed by atoms with Gasteiger partial charge in [0.05, 0.1) is 12.7 Å². The molecule has 15 heavy (non-hydrogen) atoms. The van der Waals surface area contributed by atoms with E-state index in [1.165, 1.54) is 58.4 Å². The van der Waals surface area contributed by atoms with Crippen LogP contribution >= 0.6 is 0 Å². The smallest absolute Gasteiger partial charge is 0.0822 e. The Labute approximate surface area is 92.4 Å². The molecule has 0 aromatic heterocycles. The minimum absolute atomic E-state index is 0.605. The van der Waals surface area contributed by atoms with Gasteiger partial charge in [0.2, 0.25) is 0 Å². The van der Waals surface area contributed by atoms with Crippen molar-refractivity contribution in [1.29, 1.82) is 0 Å². The first-order valence-corrected chi connectivity index (χ1v) is 6.50. The van der Waals surface area contributed by atoms with Crippen molar-refractivity contribution in [3.8, 4) is 0 Å². The first-order valence-electron chi connectivity index (χ1n) is 6.50. The van der Waals surface area contributed by atoms with Gasteiger partial charge in [-0.2, -0.15) is 0 Å². The van der Waals surface area contributed by atoms with Crippen molar-refractivity contribution in [3.63, 3.8) is 0 Å². The highest BCUT2D eigenvalue weighted by Gasteiger charge is 2.29. The minimum atomic E-state index is 0.605. The van der Waals surface area contributed by atoms with Gasteiger partial charge in [-0.05, 0) is 45.3 Å². The molecule has 0 N–H and O–H groups in total. The van der Waals surface area contributed by atoms with Crippen LogP contribution in [0.2, 0.25) is 0 Å². The fourth-order valence-electron chi connectivity index (χ4n) is 3.05. The number of ether oxygens (including phenoxy) is 1. The molecule has 3 aliphatic heterocycles. The zero-order valence-electron chi connectivity index (χ0n) is 9.53. The molecule has 3 saturated heterocycles. The molecular weight excluding hydrogens is 188 g/mol. The Kier molecular flexibility index (Phi) is 2.95. The Balaban J connectivity index is 1.50. The third kappa shape index (κ3) is 2.52. The van der Waals surface area contributed by atoms with Crippen LogP contribution in [-0.2, 0) is 4.74 Å². The van der Waals surface area contributed by atoms with Crippen molar-refractivity contribution in [2.45, 2.75) is 37.8 Å². The Hall–Kier alpha value is -0.120. The van der Waals surface area contributed by atoms with Crippen LogP contribution in [0.25, 0.3) is 0 Å². The average molecular weight is 210 g/mol. The van der Waals surface area contributed by atoms with E-state index >= 15 is 0 Å². The Bertz CT molecular complexity index is 218. The quantitative estimate of drug-likeness (QED) is 0.646. The topological polar surface area (TPSA) is 19.0 Å². The van der Waals surface area contributed by atoms with Crippen molar-refractivity contribution >= 4 is 0 Å². The molecule has 86 valence electrons. The summed E-state index contributed by atoms with van der Waals surface area (Å²) < 4.78 is 5.28. The lowest BCUT2D eigenvalue weighted by molar-refractivity contribution is 0.213. The molecule has 3 aliphatic rings. The van der Waals surface area contributed by atoms with Gasteiger partial charge in [-0.1, -0.05) is 0 Å². The Morgan fingerprint density at radius 2 is 2.00 bits per heavy atom. The summed E-state index contributed by atoms with van der Waals surface area (Å²) in [6.07, 6.45) is 6.07.